The highest BCUT2D eigenvalue weighted by atomic mass is 32.2. The molecule has 0 atom stereocenters. The summed E-state index contributed by atoms with van der Waals surface area (Å²) in [5.74, 6) is -1.27. The molecule has 0 bridgehead atoms. The van der Waals surface area contributed by atoms with Crippen molar-refractivity contribution in [3.63, 3.8) is 0 Å². The molecule has 2 rings (SSSR count). The molecule has 0 spiro atoms. The summed E-state index contributed by atoms with van der Waals surface area (Å²) in [6, 6.07) is 3.85. The van der Waals surface area contributed by atoms with Gasteiger partial charge in [0.05, 0.1) is 15.2 Å². The standard InChI is InChI=1S/C12H12O5S/c1-12(2,11(14)15)10-6-7-5-8(13)3-4-9(7)18(10,16)17/h3-6,13H,1-2H3,(H,14,15). The van der Waals surface area contributed by atoms with E-state index in [1.54, 1.807) is 0 Å². The van der Waals surface area contributed by atoms with Gasteiger partial charge in [-0.05, 0) is 43.7 Å². The first-order valence-corrected chi connectivity index (χ1v) is 6.69. The number of carboxylic acid groups (broad SMARTS) is 1. The topological polar surface area (TPSA) is 91.7 Å². The van der Waals surface area contributed by atoms with E-state index < -0.39 is 21.2 Å². The lowest BCUT2D eigenvalue weighted by Crippen LogP contribution is -2.28. The maximum Gasteiger partial charge on any atom is 0.314 e. The summed E-state index contributed by atoms with van der Waals surface area (Å²) in [7, 11) is -3.80. The van der Waals surface area contributed by atoms with E-state index >= 15 is 0 Å². The van der Waals surface area contributed by atoms with E-state index in [0.29, 0.717) is 5.56 Å². The van der Waals surface area contributed by atoms with Crippen molar-refractivity contribution in [1.82, 2.24) is 0 Å². The number of hydrogen-bond acceptors (Lipinski definition) is 4. The average molecular weight is 268 g/mol. The van der Waals surface area contributed by atoms with E-state index in [1.165, 1.54) is 38.1 Å². The van der Waals surface area contributed by atoms with Crippen molar-refractivity contribution in [3.05, 3.63) is 28.7 Å². The molecule has 0 unspecified atom stereocenters. The molecule has 1 aromatic rings. The number of phenolic OH excluding ortho intramolecular Hbond substituents is 1. The van der Waals surface area contributed by atoms with Gasteiger partial charge in [0.15, 0.2) is 0 Å². The zero-order valence-electron chi connectivity index (χ0n) is 9.84. The third-order valence-corrected chi connectivity index (χ3v) is 5.17. The van der Waals surface area contributed by atoms with Crippen LogP contribution in [0.3, 0.4) is 0 Å². The maximum absolute atomic E-state index is 12.2. The molecule has 0 saturated carbocycles. The molecule has 0 amide bonds. The highest BCUT2D eigenvalue weighted by Gasteiger charge is 2.43. The Hall–Kier alpha value is -1.82. The van der Waals surface area contributed by atoms with Crippen molar-refractivity contribution >= 4 is 21.9 Å². The summed E-state index contributed by atoms with van der Waals surface area (Å²) in [5.41, 5.74) is -1.19. The van der Waals surface area contributed by atoms with Crippen LogP contribution in [0.15, 0.2) is 28.0 Å². The average Bonchev–Trinajstić information content (AvgIpc) is 2.50. The number of carbonyl (C=O) groups is 1. The van der Waals surface area contributed by atoms with Gasteiger partial charge in [-0.15, -0.1) is 0 Å². The van der Waals surface area contributed by atoms with Gasteiger partial charge in [-0.25, -0.2) is 8.42 Å². The normalized spacial score (nSPS) is 17.1. The Morgan fingerprint density at radius 3 is 2.44 bits per heavy atom. The third-order valence-electron chi connectivity index (χ3n) is 3.01. The number of rotatable bonds is 2. The molecule has 0 saturated heterocycles. The van der Waals surface area contributed by atoms with Crippen molar-refractivity contribution in [1.29, 1.82) is 0 Å². The second-order valence-corrected chi connectivity index (χ2v) is 6.55. The summed E-state index contributed by atoms with van der Waals surface area (Å²) in [4.78, 5) is 11.0. The molecule has 0 fully saturated rings. The van der Waals surface area contributed by atoms with Crippen LogP contribution < -0.4 is 0 Å². The molecule has 1 aliphatic heterocycles. The first-order chi connectivity index (χ1) is 8.17. The molecule has 6 heteroatoms. The Balaban J connectivity index is 2.69. The fourth-order valence-corrected chi connectivity index (χ4v) is 3.81. The van der Waals surface area contributed by atoms with Gasteiger partial charge in [-0.3, -0.25) is 4.79 Å². The number of hydrogen-bond donors (Lipinski definition) is 2. The van der Waals surface area contributed by atoms with Gasteiger partial charge in [0.2, 0.25) is 9.84 Å². The van der Waals surface area contributed by atoms with Crippen LogP contribution >= 0.6 is 0 Å². The molecule has 1 heterocycles. The predicted molar refractivity (Wildman–Crippen MR) is 64.7 cm³/mol. The number of fused-ring (bicyclic) bond motifs is 1. The van der Waals surface area contributed by atoms with Gasteiger partial charge in [0.1, 0.15) is 5.75 Å². The number of aliphatic carboxylic acids is 1. The van der Waals surface area contributed by atoms with Gasteiger partial charge in [-0.2, -0.15) is 0 Å². The lowest BCUT2D eigenvalue weighted by Gasteiger charge is -2.20. The minimum absolute atomic E-state index is 0.0321. The Kier molecular flexibility index (Phi) is 2.52. The van der Waals surface area contributed by atoms with Crippen LogP contribution in [0.25, 0.3) is 6.08 Å². The Morgan fingerprint density at radius 2 is 1.89 bits per heavy atom. The summed E-state index contributed by atoms with van der Waals surface area (Å²) >= 11 is 0. The maximum atomic E-state index is 12.2. The van der Waals surface area contributed by atoms with Crippen molar-refractivity contribution in [2.45, 2.75) is 18.7 Å². The van der Waals surface area contributed by atoms with Crippen LogP contribution in [0.5, 0.6) is 5.75 Å². The van der Waals surface area contributed by atoms with Gasteiger partial charge >= 0.3 is 5.97 Å². The quantitative estimate of drug-likeness (QED) is 0.850. The van der Waals surface area contributed by atoms with Crippen molar-refractivity contribution in [3.8, 4) is 5.75 Å². The summed E-state index contributed by atoms with van der Waals surface area (Å²) in [5, 5.41) is 18.4. The predicted octanol–water partition coefficient (Wildman–Crippen LogP) is 1.63. The Bertz CT molecular complexity index is 668. The molecule has 2 N–H and O–H groups in total. The van der Waals surface area contributed by atoms with Crippen molar-refractivity contribution < 1.29 is 23.4 Å². The SMILES string of the molecule is CC(C)(C(=O)O)C1=Cc2cc(O)ccc2S1(=O)=O. The molecule has 0 aromatic heterocycles. The van der Waals surface area contributed by atoms with Gasteiger partial charge < -0.3 is 10.2 Å². The second-order valence-electron chi connectivity index (χ2n) is 4.66. The van der Waals surface area contributed by atoms with Crippen LogP contribution in [0.4, 0.5) is 0 Å². The van der Waals surface area contributed by atoms with E-state index in [1.807, 2.05) is 0 Å². The zero-order valence-corrected chi connectivity index (χ0v) is 10.7. The largest absolute Gasteiger partial charge is 0.508 e. The smallest absolute Gasteiger partial charge is 0.314 e. The highest BCUT2D eigenvalue weighted by Crippen LogP contribution is 2.43. The first kappa shape index (κ1) is 12.6. The van der Waals surface area contributed by atoms with Gasteiger partial charge in [0, 0.05) is 0 Å². The molecule has 1 aliphatic rings. The summed E-state index contributed by atoms with van der Waals surface area (Å²) in [6.45, 7) is 2.68. The van der Waals surface area contributed by atoms with Crippen LogP contribution in [-0.4, -0.2) is 24.6 Å². The minimum Gasteiger partial charge on any atom is -0.508 e. The highest BCUT2D eigenvalue weighted by molar-refractivity contribution is 7.96. The van der Waals surface area contributed by atoms with Crippen molar-refractivity contribution in [2.75, 3.05) is 0 Å². The number of sulfone groups is 1. The molecule has 1 aromatic carbocycles. The molecule has 18 heavy (non-hydrogen) atoms. The fourth-order valence-electron chi connectivity index (χ4n) is 1.85. The van der Waals surface area contributed by atoms with Crippen LogP contribution in [0, 0.1) is 5.41 Å². The lowest BCUT2D eigenvalue weighted by atomic mass is 9.92. The molecule has 96 valence electrons. The van der Waals surface area contributed by atoms with E-state index in [-0.39, 0.29) is 15.6 Å². The van der Waals surface area contributed by atoms with Gasteiger partial charge in [-0.1, -0.05) is 0 Å². The monoisotopic (exact) mass is 268 g/mol. The van der Waals surface area contributed by atoms with Gasteiger partial charge in [0.25, 0.3) is 0 Å². The molecule has 0 radical (unpaired) electrons. The zero-order chi connectivity index (χ0) is 13.7. The van der Waals surface area contributed by atoms with Crippen molar-refractivity contribution in [2.24, 2.45) is 5.41 Å². The summed E-state index contributed by atoms with van der Waals surface area (Å²) < 4.78 is 24.5. The molecule has 0 aliphatic carbocycles. The summed E-state index contributed by atoms with van der Waals surface area (Å²) in [6.07, 6.45) is 1.30. The third kappa shape index (κ3) is 1.60. The second kappa shape index (κ2) is 3.58. The van der Waals surface area contributed by atoms with Crippen LogP contribution in [0.1, 0.15) is 19.4 Å². The Morgan fingerprint density at radius 1 is 1.28 bits per heavy atom. The Labute approximate surface area is 104 Å². The van der Waals surface area contributed by atoms with Crippen LogP contribution in [0.2, 0.25) is 0 Å². The number of carboxylic acids is 1. The van der Waals surface area contributed by atoms with Crippen LogP contribution in [-0.2, 0) is 14.6 Å². The number of benzene rings is 1. The molecular formula is C12H12O5S. The molecule has 5 nitrogen and oxygen atoms in total. The van der Waals surface area contributed by atoms with E-state index in [0.717, 1.165) is 0 Å². The fraction of sp³-hybridized carbons (Fsp3) is 0.250. The number of phenols is 1. The van der Waals surface area contributed by atoms with E-state index in [4.69, 9.17) is 5.11 Å². The molecular weight excluding hydrogens is 256 g/mol. The van der Waals surface area contributed by atoms with E-state index in [2.05, 4.69) is 0 Å². The number of aromatic hydroxyl groups is 1. The first-order valence-electron chi connectivity index (χ1n) is 5.21. The minimum atomic E-state index is -3.80. The van der Waals surface area contributed by atoms with E-state index in [9.17, 15) is 18.3 Å². The lowest BCUT2D eigenvalue weighted by molar-refractivity contribution is -0.144.